The first-order valence-electron chi connectivity index (χ1n) is 15.0. The van der Waals surface area contributed by atoms with Crippen molar-refractivity contribution in [2.75, 3.05) is 0 Å². The van der Waals surface area contributed by atoms with Gasteiger partial charge in [-0.25, -0.2) is 26.8 Å². The molecule has 5 heterocycles. The first-order chi connectivity index (χ1) is 20.9. The van der Waals surface area contributed by atoms with E-state index in [2.05, 4.69) is 9.97 Å². The Balaban J connectivity index is 0.00000288. The number of H-pyrrole nitrogens is 2. The van der Waals surface area contributed by atoms with Crippen LogP contribution in [0.5, 0.6) is 0 Å². The Bertz CT molecular complexity index is 1930. The zero-order valence-corrected chi connectivity index (χ0v) is 32.9. The van der Waals surface area contributed by atoms with Crippen molar-refractivity contribution in [3.8, 4) is 0 Å². The maximum atomic E-state index is 12.7. The van der Waals surface area contributed by atoms with Crippen LogP contribution in [0.4, 0.5) is 0 Å². The first-order valence-corrected chi connectivity index (χ1v) is 17.8. The summed E-state index contributed by atoms with van der Waals surface area (Å²) in [5.41, 5.74) is 5.42. The zero-order chi connectivity index (χ0) is 31.8. The summed E-state index contributed by atoms with van der Waals surface area (Å²) in [7, 11) is -9.76. The summed E-state index contributed by atoms with van der Waals surface area (Å²) >= 11 is 0. The van der Waals surface area contributed by atoms with Crippen LogP contribution in [0.1, 0.15) is 100 Å². The molecule has 0 saturated heterocycles. The van der Waals surface area contributed by atoms with E-state index < -0.39 is 20.2 Å². The molecule has 0 unspecified atom stereocenters. The van der Waals surface area contributed by atoms with Crippen LogP contribution in [0.15, 0.2) is 36.4 Å². The fraction of sp³-hybridized carbons (Fsp3) is 0.375. The predicted octanol–water partition coefficient (Wildman–Crippen LogP) is 0.655. The zero-order valence-electron chi connectivity index (χ0n) is 27.3. The molecule has 0 amide bonds. The number of aryl methyl sites for hydroxylation is 2. The van der Waals surface area contributed by atoms with Crippen LogP contribution < -0.4 is 59.1 Å². The molecule has 5 rings (SSSR count). The molecule has 2 aliphatic rings. The summed E-state index contributed by atoms with van der Waals surface area (Å²) < 4.78 is 76.2. The van der Waals surface area contributed by atoms with Gasteiger partial charge < -0.3 is 19.1 Å². The number of fused-ring (bicyclic) bond motifs is 10. The third-order valence-electron chi connectivity index (χ3n) is 7.79. The summed E-state index contributed by atoms with van der Waals surface area (Å²) in [5.74, 6) is 0. The van der Waals surface area contributed by atoms with Crippen LogP contribution in [0.25, 0.3) is 43.0 Å². The van der Waals surface area contributed by atoms with Crippen LogP contribution in [0, 0.1) is 0 Å². The summed E-state index contributed by atoms with van der Waals surface area (Å²) in [6.07, 6.45) is 4.75. The molecule has 2 aliphatic heterocycles. The second-order valence-corrected chi connectivity index (χ2v) is 13.8. The number of nitrogens with one attached hydrogen (secondary N) is 2. The number of aromatic amines is 2. The largest absolute Gasteiger partial charge is 1.00 e. The molecule has 46 heavy (non-hydrogen) atoms. The number of nitrogens with zero attached hydrogens (tertiary/aromatic N) is 2. The summed E-state index contributed by atoms with van der Waals surface area (Å²) in [4.78, 5) is 15.3. The second kappa shape index (κ2) is 15.8. The van der Waals surface area contributed by atoms with Gasteiger partial charge in [0, 0.05) is 11.0 Å². The molecule has 0 aromatic carbocycles. The quantitative estimate of drug-likeness (QED) is 0.232. The van der Waals surface area contributed by atoms with Crippen LogP contribution in [0.2, 0.25) is 0 Å². The van der Waals surface area contributed by atoms with E-state index in [9.17, 15) is 25.9 Å². The molecule has 0 saturated carbocycles. The molecule has 3 aromatic heterocycles. The van der Waals surface area contributed by atoms with Gasteiger partial charge in [-0.3, -0.25) is 0 Å². The number of hydrogen-bond acceptors (Lipinski definition) is 8. The van der Waals surface area contributed by atoms with E-state index in [0.717, 1.165) is 24.0 Å². The van der Waals surface area contributed by atoms with Gasteiger partial charge in [0.05, 0.1) is 32.2 Å². The molecule has 0 radical (unpaired) electrons. The normalized spacial score (nSPS) is 13.5. The van der Waals surface area contributed by atoms with E-state index in [1.807, 2.05) is 39.8 Å². The van der Waals surface area contributed by atoms with Crippen LogP contribution in [-0.2, 0) is 33.1 Å². The maximum Gasteiger partial charge on any atom is 1.00 e. The Hall–Kier alpha value is -1.58. The smallest absolute Gasteiger partial charge is 0.744 e. The molecular weight excluding hydrogens is 646 g/mol. The molecule has 0 atom stereocenters. The van der Waals surface area contributed by atoms with Crippen molar-refractivity contribution in [2.24, 2.45) is 0 Å². The summed E-state index contributed by atoms with van der Waals surface area (Å²) in [6.45, 7) is 7.83. The van der Waals surface area contributed by atoms with E-state index in [1.54, 1.807) is 24.3 Å². The van der Waals surface area contributed by atoms with Gasteiger partial charge in [0.25, 0.3) is 0 Å². The average Bonchev–Trinajstić information content (AvgIpc) is 3.70. The first kappa shape index (κ1) is 38.9. The van der Waals surface area contributed by atoms with Gasteiger partial charge in [-0.1, -0.05) is 53.4 Å². The summed E-state index contributed by atoms with van der Waals surface area (Å²) in [5, 5.41) is 0. The van der Waals surface area contributed by atoms with Crippen molar-refractivity contribution in [3.05, 3.63) is 70.3 Å². The van der Waals surface area contributed by atoms with Crippen LogP contribution in [0.3, 0.4) is 0 Å². The van der Waals surface area contributed by atoms with Gasteiger partial charge in [-0.2, -0.15) is 0 Å². The minimum Gasteiger partial charge on any atom is -0.744 e. The van der Waals surface area contributed by atoms with Crippen molar-refractivity contribution >= 4 is 63.3 Å². The van der Waals surface area contributed by atoms with Crippen molar-refractivity contribution in [2.45, 2.75) is 79.1 Å². The van der Waals surface area contributed by atoms with Gasteiger partial charge in [0.1, 0.15) is 31.6 Å². The predicted molar refractivity (Wildman–Crippen MR) is 172 cm³/mol. The Morgan fingerprint density at radius 1 is 0.565 bits per heavy atom. The van der Waals surface area contributed by atoms with Crippen molar-refractivity contribution < 1.29 is 85.1 Å². The second-order valence-electron chi connectivity index (χ2n) is 11.1. The Morgan fingerprint density at radius 2 is 0.913 bits per heavy atom. The number of aromatic nitrogens is 4. The average molecular weight is 683 g/mol. The number of rotatable bonds is 10. The minimum absolute atomic E-state index is 0. The van der Waals surface area contributed by atoms with Crippen LogP contribution in [-0.4, -0.2) is 45.9 Å². The van der Waals surface area contributed by atoms with Gasteiger partial charge in [0.15, 0.2) is 0 Å². The van der Waals surface area contributed by atoms with E-state index in [1.165, 1.54) is 0 Å². The molecule has 0 spiro atoms. The Labute approximate surface area is 314 Å². The van der Waals surface area contributed by atoms with E-state index >= 15 is 0 Å². The molecule has 234 valence electrons. The summed E-state index contributed by atoms with van der Waals surface area (Å²) in [6, 6.07) is 10.5. The van der Waals surface area contributed by atoms with Crippen molar-refractivity contribution in [3.63, 3.8) is 0 Å². The fourth-order valence-electron chi connectivity index (χ4n) is 6.01. The van der Waals surface area contributed by atoms with Gasteiger partial charge >= 0.3 is 59.1 Å². The van der Waals surface area contributed by atoms with E-state index in [-0.39, 0.29) is 80.3 Å². The van der Waals surface area contributed by atoms with Crippen molar-refractivity contribution in [1.82, 2.24) is 19.9 Å². The van der Waals surface area contributed by atoms with Crippen molar-refractivity contribution in [1.29, 1.82) is 0 Å². The number of allylic oxidation sites excluding steroid dienone is 2. The van der Waals surface area contributed by atoms with Gasteiger partial charge in [-0.05, 0) is 84.4 Å². The maximum absolute atomic E-state index is 12.7. The van der Waals surface area contributed by atoms with Gasteiger partial charge in [0.2, 0.25) is 0 Å². The molecule has 14 heteroatoms. The topological polar surface area (TPSA) is 172 Å². The Kier molecular flexibility index (Phi) is 13.3. The molecule has 0 fully saturated rings. The monoisotopic (exact) mass is 682 g/mol. The SMILES string of the molecule is CCCC1=C(S(=O)(=O)[O-])c2nc1ccc1[nH]c(cc1CCC)c1nc(ccc3[nH]c2cc3CCC)C(CCC)=C1S(=O)(=O)[O-].[Na+].[Na+]. The standard InChI is InChI=1S/C32H38N4O6S2.2Na/c1-5-9-19-17-27-29-31(43(37,38)39)22(12-8-4)26(35-29)16-14-24-20(10-6-2)18-28(34-24)30-32(44(40,41)42)21(11-7-3)25(36-30)15-13-23(19)33-27;;/h13-18,33-34H,5-12H2,1-4H3,(H,37,38,39)(H,40,41,42);;/q;2*+1/p-2. The van der Waals surface area contributed by atoms with Gasteiger partial charge in [-0.15, -0.1) is 0 Å². The molecular formula is C32H36N4Na2O6S2. The third kappa shape index (κ3) is 7.83. The van der Waals surface area contributed by atoms with E-state index in [4.69, 9.17) is 9.97 Å². The third-order valence-corrected chi connectivity index (χ3v) is 9.67. The molecule has 3 aromatic rings. The molecule has 0 aliphatic carbocycles. The van der Waals surface area contributed by atoms with E-state index in [0.29, 0.717) is 83.1 Å². The molecule has 10 nitrogen and oxygen atoms in total. The molecule has 8 bridgehead atoms. The molecule has 2 N–H and O–H groups in total. The fourth-order valence-corrected chi connectivity index (χ4v) is 7.82. The number of hydrogen-bond donors (Lipinski definition) is 2. The van der Waals surface area contributed by atoms with Crippen LogP contribution >= 0.6 is 0 Å². The minimum atomic E-state index is -4.88. The Morgan fingerprint density at radius 3 is 1.22 bits per heavy atom.